The van der Waals surface area contributed by atoms with E-state index < -0.39 is 0 Å². The predicted octanol–water partition coefficient (Wildman–Crippen LogP) is 1.37. The van der Waals surface area contributed by atoms with Gasteiger partial charge in [-0.1, -0.05) is 19.8 Å². The summed E-state index contributed by atoms with van der Waals surface area (Å²) in [5, 5.41) is 6.42. The number of hydrogen-bond acceptors (Lipinski definition) is 3. The molecule has 4 heteroatoms. The second-order valence-electron chi connectivity index (χ2n) is 6.18. The van der Waals surface area contributed by atoms with Crippen molar-refractivity contribution in [2.24, 2.45) is 5.92 Å². The van der Waals surface area contributed by atoms with Gasteiger partial charge in [-0.15, -0.1) is 0 Å². The van der Waals surface area contributed by atoms with Crippen LogP contribution in [-0.2, 0) is 4.79 Å². The summed E-state index contributed by atoms with van der Waals surface area (Å²) in [5.41, 5.74) is 0. The zero-order valence-corrected chi connectivity index (χ0v) is 12.3. The lowest BCUT2D eigenvalue weighted by Gasteiger charge is -2.27. The number of rotatable bonds is 4. The molecule has 19 heavy (non-hydrogen) atoms. The molecular formula is C15H29N3O. The van der Waals surface area contributed by atoms with Crippen LogP contribution in [0.5, 0.6) is 0 Å². The molecule has 0 aromatic carbocycles. The molecule has 4 nitrogen and oxygen atoms in total. The Morgan fingerprint density at radius 3 is 2.68 bits per heavy atom. The van der Waals surface area contributed by atoms with Gasteiger partial charge in [-0.25, -0.2) is 0 Å². The Balaban J connectivity index is 1.62. The Labute approximate surface area is 117 Å². The summed E-state index contributed by atoms with van der Waals surface area (Å²) in [6.07, 6.45) is 7.54. The summed E-state index contributed by atoms with van der Waals surface area (Å²) in [6, 6.07) is 0.0351. The highest BCUT2D eigenvalue weighted by atomic mass is 16.2. The van der Waals surface area contributed by atoms with Crippen LogP contribution < -0.4 is 10.6 Å². The molecule has 2 unspecified atom stereocenters. The minimum atomic E-state index is 0.0351. The van der Waals surface area contributed by atoms with Crippen molar-refractivity contribution in [3.05, 3.63) is 0 Å². The van der Waals surface area contributed by atoms with Crippen LogP contribution in [-0.4, -0.2) is 49.6 Å². The second-order valence-corrected chi connectivity index (χ2v) is 6.18. The van der Waals surface area contributed by atoms with Gasteiger partial charge in [0.1, 0.15) is 0 Å². The van der Waals surface area contributed by atoms with Gasteiger partial charge in [-0.2, -0.15) is 0 Å². The zero-order valence-electron chi connectivity index (χ0n) is 12.3. The maximum atomic E-state index is 12.1. The van der Waals surface area contributed by atoms with E-state index in [1.165, 1.54) is 45.2 Å². The molecule has 0 bridgehead atoms. The van der Waals surface area contributed by atoms with Crippen molar-refractivity contribution in [2.75, 3.05) is 32.7 Å². The molecule has 2 N–H and O–H groups in total. The molecular weight excluding hydrogens is 238 g/mol. The first-order valence-electron chi connectivity index (χ1n) is 7.99. The molecule has 0 spiro atoms. The Morgan fingerprint density at radius 2 is 2.00 bits per heavy atom. The molecule has 2 rings (SSSR count). The van der Waals surface area contributed by atoms with Crippen LogP contribution in [0.1, 0.15) is 45.4 Å². The number of nitrogens with one attached hydrogen (secondary N) is 2. The minimum Gasteiger partial charge on any atom is -0.353 e. The monoisotopic (exact) mass is 267 g/mol. The van der Waals surface area contributed by atoms with Crippen LogP contribution in [0.2, 0.25) is 0 Å². The standard InChI is InChI=1S/C15H29N3O/c1-13-6-7-16-14(12-13)15(19)17-8-11-18-9-4-2-3-5-10-18/h13-14,16H,2-12H2,1H3,(H,17,19). The fraction of sp³-hybridized carbons (Fsp3) is 0.933. The first-order chi connectivity index (χ1) is 9.25. The maximum Gasteiger partial charge on any atom is 0.237 e. The zero-order chi connectivity index (χ0) is 13.5. The van der Waals surface area contributed by atoms with E-state index in [9.17, 15) is 4.79 Å². The molecule has 0 saturated carbocycles. The highest BCUT2D eigenvalue weighted by Crippen LogP contribution is 2.15. The quantitative estimate of drug-likeness (QED) is 0.808. The van der Waals surface area contributed by atoms with Gasteiger partial charge in [0.2, 0.25) is 5.91 Å². The van der Waals surface area contributed by atoms with Crippen molar-refractivity contribution in [3.8, 4) is 0 Å². The van der Waals surface area contributed by atoms with Crippen LogP contribution >= 0.6 is 0 Å². The third-order valence-corrected chi connectivity index (χ3v) is 4.41. The number of carbonyl (C=O) groups excluding carboxylic acids is 1. The molecule has 2 aliphatic rings. The van der Waals surface area contributed by atoms with Gasteiger partial charge in [-0.3, -0.25) is 4.79 Å². The van der Waals surface area contributed by atoms with Crippen molar-refractivity contribution >= 4 is 5.91 Å². The second kappa shape index (κ2) is 7.85. The van der Waals surface area contributed by atoms with Crippen LogP contribution in [0.3, 0.4) is 0 Å². The first-order valence-corrected chi connectivity index (χ1v) is 7.99. The molecule has 110 valence electrons. The third kappa shape index (κ3) is 5.11. The lowest BCUT2D eigenvalue weighted by atomic mass is 9.94. The van der Waals surface area contributed by atoms with Crippen LogP contribution in [0.4, 0.5) is 0 Å². The average molecular weight is 267 g/mol. The van der Waals surface area contributed by atoms with E-state index in [1.54, 1.807) is 0 Å². The molecule has 0 aromatic rings. The van der Waals surface area contributed by atoms with Crippen molar-refractivity contribution < 1.29 is 4.79 Å². The Morgan fingerprint density at radius 1 is 1.26 bits per heavy atom. The van der Waals surface area contributed by atoms with Crippen LogP contribution in [0.15, 0.2) is 0 Å². The first kappa shape index (κ1) is 14.8. The number of piperidine rings is 1. The van der Waals surface area contributed by atoms with Gasteiger partial charge >= 0.3 is 0 Å². The van der Waals surface area contributed by atoms with E-state index >= 15 is 0 Å². The summed E-state index contributed by atoms with van der Waals surface area (Å²) in [7, 11) is 0. The lowest BCUT2D eigenvalue weighted by molar-refractivity contribution is -0.124. The molecule has 2 atom stereocenters. The maximum absolute atomic E-state index is 12.1. The molecule has 2 heterocycles. The van der Waals surface area contributed by atoms with Gasteiger partial charge in [0.05, 0.1) is 6.04 Å². The van der Waals surface area contributed by atoms with Crippen LogP contribution in [0, 0.1) is 5.92 Å². The highest BCUT2D eigenvalue weighted by molar-refractivity contribution is 5.81. The van der Waals surface area contributed by atoms with Crippen molar-refractivity contribution in [3.63, 3.8) is 0 Å². The largest absolute Gasteiger partial charge is 0.353 e. The average Bonchev–Trinajstić information content (AvgIpc) is 2.67. The summed E-state index contributed by atoms with van der Waals surface area (Å²) >= 11 is 0. The van der Waals surface area contributed by atoms with Crippen LogP contribution in [0.25, 0.3) is 0 Å². The molecule has 2 saturated heterocycles. The van der Waals surface area contributed by atoms with E-state index in [-0.39, 0.29) is 11.9 Å². The number of likely N-dealkylation sites (tertiary alicyclic amines) is 1. The Hall–Kier alpha value is -0.610. The fourth-order valence-corrected chi connectivity index (χ4v) is 3.13. The number of carbonyl (C=O) groups is 1. The van der Waals surface area contributed by atoms with E-state index in [1.807, 2.05) is 0 Å². The molecule has 2 aliphatic heterocycles. The van der Waals surface area contributed by atoms with Gasteiger partial charge in [-0.05, 0) is 51.2 Å². The van der Waals surface area contributed by atoms with Gasteiger partial charge in [0.15, 0.2) is 0 Å². The highest BCUT2D eigenvalue weighted by Gasteiger charge is 2.24. The molecule has 2 fully saturated rings. The van der Waals surface area contributed by atoms with E-state index in [0.29, 0.717) is 5.92 Å². The Bertz CT molecular complexity index is 275. The topological polar surface area (TPSA) is 44.4 Å². The summed E-state index contributed by atoms with van der Waals surface area (Å²) < 4.78 is 0. The van der Waals surface area contributed by atoms with E-state index in [0.717, 1.165) is 26.1 Å². The minimum absolute atomic E-state index is 0.0351. The summed E-state index contributed by atoms with van der Waals surface area (Å²) in [5.74, 6) is 0.865. The summed E-state index contributed by atoms with van der Waals surface area (Å²) in [4.78, 5) is 14.6. The van der Waals surface area contributed by atoms with E-state index in [4.69, 9.17) is 0 Å². The number of amides is 1. The number of nitrogens with zero attached hydrogens (tertiary/aromatic N) is 1. The molecule has 1 amide bonds. The molecule has 0 aromatic heterocycles. The van der Waals surface area contributed by atoms with Crippen molar-refractivity contribution in [1.82, 2.24) is 15.5 Å². The third-order valence-electron chi connectivity index (χ3n) is 4.41. The van der Waals surface area contributed by atoms with Gasteiger partial charge in [0.25, 0.3) is 0 Å². The lowest BCUT2D eigenvalue weighted by Crippen LogP contribution is -2.49. The van der Waals surface area contributed by atoms with Crippen molar-refractivity contribution in [1.29, 1.82) is 0 Å². The van der Waals surface area contributed by atoms with E-state index in [2.05, 4.69) is 22.5 Å². The SMILES string of the molecule is CC1CCNC(C(=O)NCCN2CCCCCC2)C1. The Kier molecular flexibility index (Phi) is 6.11. The number of hydrogen-bond donors (Lipinski definition) is 2. The normalized spacial score (nSPS) is 29.7. The fourth-order valence-electron chi connectivity index (χ4n) is 3.13. The molecule has 0 aliphatic carbocycles. The van der Waals surface area contributed by atoms with Crippen molar-refractivity contribution in [2.45, 2.75) is 51.5 Å². The van der Waals surface area contributed by atoms with Gasteiger partial charge < -0.3 is 15.5 Å². The van der Waals surface area contributed by atoms with Gasteiger partial charge in [0, 0.05) is 13.1 Å². The molecule has 0 radical (unpaired) electrons. The predicted molar refractivity (Wildman–Crippen MR) is 78.1 cm³/mol. The summed E-state index contributed by atoms with van der Waals surface area (Å²) in [6.45, 7) is 7.42. The smallest absolute Gasteiger partial charge is 0.237 e.